The number of carbonyl (C=O) groups excluding carboxylic acids is 1. The van der Waals surface area contributed by atoms with Crippen molar-refractivity contribution in [1.29, 1.82) is 0 Å². The molecule has 2 amide bonds. The maximum atomic E-state index is 15.6. The van der Waals surface area contributed by atoms with Gasteiger partial charge >= 0.3 is 6.03 Å². The number of fused-ring (bicyclic) bond motifs is 1. The highest BCUT2D eigenvalue weighted by molar-refractivity contribution is 6.14. The molecule has 35 heavy (non-hydrogen) atoms. The molecule has 0 spiro atoms. The van der Waals surface area contributed by atoms with Crippen LogP contribution in [0.15, 0.2) is 35.4 Å². The van der Waals surface area contributed by atoms with Crippen LogP contribution in [-0.4, -0.2) is 63.1 Å². The second kappa shape index (κ2) is 9.67. The van der Waals surface area contributed by atoms with Crippen molar-refractivity contribution in [2.45, 2.75) is 38.2 Å². The monoisotopic (exact) mass is 490 g/mol. The third-order valence-electron chi connectivity index (χ3n) is 6.52. The smallest absolute Gasteiger partial charge is 0.337 e. The SMILES string of the molecule is CNC(=O)N1N=C(c2ccc(N3CCC(F)(F)CC3)cc2)c2cc(OC)c(OC)c(F)c2C[C@H]1C. The van der Waals surface area contributed by atoms with Crippen LogP contribution in [0, 0.1) is 5.82 Å². The molecule has 2 aliphatic rings. The fraction of sp³-hybridized carbons (Fsp3) is 0.440. The van der Waals surface area contributed by atoms with E-state index in [1.807, 2.05) is 17.0 Å². The number of anilines is 1. The topological polar surface area (TPSA) is 66.4 Å². The molecule has 0 radical (unpaired) electrons. The predicted molar refractivity (Wildman–Crippen MR) is 127 cm³/mol. The summed E-state index contributed by atoms with van der Waals surface area (Å²) in [6.45, 7) is 2.32. The van der Waals surface area contributed by atoms with Gasteiger partial charge in [0, 0.05) is 55.4 Å². The molecule has 10 heteroatoms. The standard InChI is InChI=1S/C25H29F3N4O3/c1-15-13-18-19(14-20(34-3)23(35-4)21(18)26)22(30-32(15)24(33)29-2)16-5-7-17(8-6-16)31-11-9-25(27,28)10-12-31/h5-8,14-15H,9-13H2,1-4H3,(H,29,33)/t15-/m1/s1. The van der Waals surface area contributed by atoms with Crippen molar-refractivity contribution in [3.05, 3.63) is 52.8 Å². The van der Waals surface area contributed by atoms with Gasteiger partial charge in [-0.1, -0.05) is 12.1 Å². The molecule has 2 heterocycles. The van der Waals surface area contributed by atoms with E-state index in [9.17, 15) is 13.6 Å². The Labute approximate surface area is 202 Å². The van der Waals surface area contributed by atoms with Gasteiger partial charge in [-0.3, -0.25) is 0 Å². The number of nitrogens with one attached hydrogen (secondary N) is 1. The number of alkyl halides is 2. The number of halogens is 3. The summed E-state index contributed by atoms with van der Waals surface area (Å²) < 4.78 is 53.3. The second-order valence-corrected chi connectivity index (χ2v) is 8.74. The first-order chi connectivity index (χ1) is 16.7. The Kier molecular flexibility index (Phi) is 6.82. The molecular weight excluding hydrogens is 461 g/mol. The van der Waals surface area contributed by atoms with Crippen LogP contribution in [-0.2, 0) is 6.42 Å². The van der Waals surface area contributed by atoms with Crippen LogP contribution in [0.1, 0.15) is 36.5 Å². The van der Waals surface area contributed by atoms with Crippen molar-refractivity contribution < 1.29 is 27.4 Å². The lowest BCUT2D eigenvalue weighted by Gasteiger charge is -2.33. The fourth-order valence-corrected chi connectivity index (χ4v) is 4.54. The molecule has 1 atom stereocenters. The number of hydrazone groups is 1. The summed E-state index contributed by atoms with van der Waals surface area (Å²) in [5, 5.41) is 8.51. The van der Waals surface area contributed by atoms with Gasteiger partial charge in [-0.05, 0) is 31.5 Å². The minimum atomic E-state index is -2.63. The minimum Gasteiger partial charge on any atom is -0.493 e. The highest BCUT2D eigenvalue weighted by Crippen LogP contribution is 2.38. The molecule has 1 saturated heterocycles. The van der Waals surface area contributed by atoms with E-state index in [4.69, 9.17) is 9.47 Å². The van der Waals surface area contributed by atoms with Crippen LogP contribution in [0.5, 0.6) is 11.5 Å². The number of ether oxygens (including phenoxy) is 2. The number of rotatable bonds is 4. The van der Waals surface area contributed by atoms with E-state index in [2.05, 4.69) is 10.4 Å². The molecule has 188 valence electrons. The number of benzene rings is 2. The van der Waals surface area contributed by atoms with Crippen molar-refractivity contribution in [2.24, 2.45) is 5.10 Å². The largest absolute Gasteiger partial charge is 0.493 e. The van der Waals surface area contributed by atoms with Crippen LogP contribution in [0.4, 0.5) is 23.7 Å². The molecule has 0 unspecified atom stereocenters. The van der Waals surface area contributed by atoms with Crippen LogP contribution >= 0.6 is 0 Å². The number of methoxy groups -OCH3 is 2. The van der Waals surface area contributed by atoms with Crippen LogP contribution in [0.3, 0.4) is 0 Å². The minimum absolute atomic E-state index is 0.0107. The molecule has 1 N–H and O–H groups in total. The molecule has 0 bridgehead atoms. The van der Waals surface area contributed by atoms with Gasteiger partial charge in [-0.25, -0.2) is 23.0 Å². The van der Waals surface area contributed by atoms with Gasteiger partial charge in [-0.2, -0.15) is 5.10 Å². The van der Waals surface area contributed by atoms with Crippen molar-refractivity contribution in [3.63, 3.8) is 0 Å². The highest BCUT2D eigenvalue weighted by Gasteiger charge is 2.34. The summed E-state index contributed by atoms with van der Waals surface area (Å²) in [4.78, 5) is 14.5. The second-order valence-electron chi connectivity index (χ2n) is 8.74. The van der Waals surface area contributed by atoms with Gasteiger partial charge in [0.2, 0.25) is 0 Å². The molecule has 4 rings (SSSR count). The van der Waals surface area contributed by atoms with E-state index >= 15 is 4.39 Å². The van der Waals surface area contributed by atoms with Gasteiger partial charge in [0.15, 0.2) is 17.3 Å². The van der Waals surface area contributed by atoms with Crippen molar-refractivity contribution in [3.8, 4) is 11.5 Å². The molecule has 0 saturated carbocycles. The number of hydrogen-bond acceptors (Lipinski definition) is 5. The average Bonchev–Trinajstić information content (AvgIpc) is 3.00. The number of nitrogens with zero attached hydrogens (tertiary/aromatic N) is 3. The fourth-order valence-electron chi connectivity index (χ4n) is 4.54. The molecular formula is C25H29F3N4O3. The summed E-state index contributed by atoms with van der Waals surface area (Å²) in [5.74, 6) is -2.99. The highest BCUT2D eigenvalue weighted by atomic mass is 19.3. The van der Waals surface area contributed by atoms with E-state index in [0.717, 1.165) is 5.69 Å². The average molecular weight is 491 g/mol. The normalized spacial score (nSPS) is 19.4. The van der Waals surface area contributed by atoms with E-state index in [0.29, 0.717) is 22.4 Å². The first kappa shape index (κ1) is 24.7. The van der Waals surface area contributed by atoms with Gasteiger partial charge in [-0.15, -0.1) is 0 Å². The Balaban J connectivity index is 1.79. The van der Waals surface area contributed by atoms with E-state index in [1.165, 1.54) is 26.3 Å². The Morgan fingerprint density at radius 3 is 2.37 bits per heavy atom. The van der Waals surface area contributed by atoms with Gasteiger partial charge < -0.3 is 19.7 Å². The Bertz CT molecular complexity index is 1130. The van der Waals surface area contributed by atoms with Crippen molar-refractivity contribution in [2.75, 3.05) is 39.3 Å². The van der Waals surface area contributed by atoms with E-state index in [1.54, 1.807) is 25.1 Å². The summed E-state index contributed by atoms with van der Waals surface area (Å²) in [7, 11) is 4.30. The molecule has 2 aromatic carbocycles. The lowest BCUT2D eigenvalue weighted by Crippen LogP contribution is -2.41. The zero-order chi connectivity index (χ0) is 25.3. The van der Waals surface area contributed by atoms with E-state index < -0.39 is 23.8 Å². The van der Waals surface area contributed by atoms with Gasteiger partial charge in [0.1, 0.15) is 0 Å². The van der Waals surface area contributed by atoms with Crippen LogP contribution in [0.25, 0.3) is 0 Å². The van der Waals surface area contributed by atoms with Gasteiger partial charge in [0.05, 0.1) is 26.0 Å². The quantitative estimate of drug-likeness (QED) is 0.689. The van der Waals surface area contributed by atoms with E-state index in [-0.39, 0.29) is 43.9 Å². The predicted octanol–water partition coefficient (Wildman–Crippen LogP) is 4.42. The Morgan fingerprint density at radius 1 is 1.14 bits per heavy atom. The molecule has 1 fully saturated rings. The summed E-state index contributed by atoms with van der Waals surface area (Å²) >= 11 is 0. The number of carbonyl (C=O) groups is 1. The third kappa shape index (κ3) is 4.74. The lowest BCUT2D eigenvalue weighted by molar-refractivity contribution is -0.0220. The zero-order valence-electron chi connectivity index (χ0n) is 20.2. The summed E-state index contributed by atoms with van der Waals surface area (Å²) in [6.07, 6.45) is -0.161. The molecule has 7 nitrogen and oxygen atoms in total. The third-order valence-corrected chi connectivity index (χ3v) is 6.52. The zero-order valence-corrected chi connectivity index (χ0v) is 20.2. The lowest BCUT2D eigenvalue weighted by atomic mass is 9.93. The van der Waals surface area contributed by atoms with Crippen LogP contribution < -0.4 is 19.7 Å². The number of hydrogen-bond donors (Lipinski definition) is 1. The summed E-state index contributed by atoms with van der Waals surface area (Å²) in [5.41, 5.74) is 2.71. The van der Waals surface area contributed by atoms with Crippen molar-refractivity contribution in [1.82, 2.24) is 10.3 Å². The molecule has 0 aliphatic carbocycles. The molecule has 2 aliphatic heterocycles. The Morgan fingerprint density at radius 2 is 1.80 bits per heavy atom. The van der Waals surface area contributed by atoms with Crippen molar-refractivity contribution >= 4 is 17.4 Å². The molecule has 0 aromatic heterocycles. The van der Waals surface area contributed by atoms with Crippen LogP contribution in [0.2, 0.25) is 0 Å². The molecule has 2 aromatic rings. The Hall–Kier alpha value is -3.43. The first-order valence-corrected chi connectivity index (χ1v) is 11.5. The number of urea groups is 1. The number of piperidine rings is 1. The maximum Gasteiger partial charge on any atom is 0.337 e. The summed E-state index contributed by atoms with van der Waals surface area (Å²) in [6, 6.07) is 8.07. The number of amides is 2. The maximum absolute atomic E-state index is 15.6. The van der Waals surface area contributed by atoms with Gasteiger partial charge in [0.25, 0.3) is 5.92 Å². The first-order valence-electron chi connectivity index (χ1n) is 11.5.